The fourth-order valence-electron chi connectivity index (χ4n) is 5.46. The van der Waals surface area contributed by atoms with Crippen molar-refractivity contribution in [1.29, 1.82) is 0 Å². The monoisotopic (exact) mass is 550 g/mol. The molecule has 2 aromatic rings. The van der Waals surface area contributed by atoms with Crippen LogP contribution in [0.3, 0.4) is 0 Å². The Balaban J connectivity index is 1.49. The normalized spacial score (nSPS) is 19.6. The van der Waals surface area contributed by atoms with Crippen molar-refractivity contribution < 1.29 is 19.1 Å². The third-order valence-electron chi connectivity index (χ3n) is 7.79. The van der Waals surface area contributed by atoms with Crippen LogP contribution in [0, 0.1) is 12.8 Å². The van der Waals surface area contributed by atoms with Crippen LogP contribution in [0.4, 0.5) is 4.79 Å². The molecule has 8 heteroatoms. The van der Waals surface area contributed by atoms with Gasteiger partial charge in [0.25, 0.3) is 0 Å². The maximum Gasteiger partial charge on any atom is 0.407 e. The van der Waals surface area contributed by atoms with Gasteiger partial charge in [0.05, 0.1) is 0 Å². The van der Waals surface area contributed by atoms with Gasteiger partial charge in [-0.2, -0.15) is 0 Å². The molecule has 0 saturated heterocycles. The standard InChI is InChI=1S/C32H46N4O4/c1-23(2)18-28(35-29(37)21-33-31(39)40-22-25-11-7-6-8-12-25)30(38)34-27-14-16-32(17-15-27,36(4)5)20-26-13-9-10-24(3)19-26/h6-13,19,23,27-28H,14-18,20-22H2,1-5H3,(H,33,39)(H,34,38)(H,35,37). The van der Waals surface area contributed by atoms with Crippen LogP contribution in [0.2, 0.25) is 0 Å². The highest BCUT2D eigenvalue weighted by Gasteiger charge is 2.38. The van der Waals surface area contributed by atoms with Crippen molar-refractivity contribution in [2.24, 2.45) is 5.92 Å². The highest BCUT2D eigenvalue weighted by Crippen LogP contribution is 2.35. The number of ether oxygens (including phenoxy) is 1. The maximum absolute atomic E-state index is 13.3. The molecule has 0 aromatic heterocycles. The molecular weight excluding hydrogens is 504 g/mol. The smallest absolute Gasteiger partial charge is 0.407 e. The molecule has 3 rings (SSSR count). The minimum atomic E-state index is -0.680. The van der Waals surface area contributed by atoms with Gasteiger partial charge in [-0.3, -0.25) is 9.59 Å². The minimum Gasteiger partial charge on any atom is -0.445 e. The first kappa shape index (κ1) is 31.1. The number of hydrogen-bond donors (Lipinski definition) is 3. The van der Waals surface area contributed by atoms with E-state index in [-0.39, 0.29) is 36.6 Å². The van der Waals surface area contributed by atoms with Gasteiger partial charge in [-0.1, -0.05) is 74.0 Å². The quantitative estimate of drug-likeness (QED) is 0.365. The van der Waals surface area contributed by atoms with Crippen molar-refractivity contribution in [1.82, 2.24) is 20.9 Å². The van der Waals surface area contributed by atoms with Gasteiger partial charge in [0.15, 0.2) is 0 Å². The summed E-state index contributed by atoms with van der Waals surface area (Å²) in [5, 5.41) is 8.47. The number of alkyl carbamates (subject to hydrolysis) is 1. The Morgan fingerprint density at radius 2 is 1.68 bits per heavy atom. The SMILES string of the molecule is Cc1cccc(CC2(N(C)C)CCC(NC(=O)C(CC(C)C)NC(=O)CNC(=O)OCc3ccccc3)CC2)c1. The van der Waals surface area contributed by atoms with E-state index in [4.69, 9.17) is 4.74 Å². The minimum absolute atomic E-state index is 0.0569. The molecule has 0 bridgehead atoms. The summed E-state index contributed by atoms with van der Waals surface area (Å²) in [6.07, 6.45) is 4.54. The zero-order chi connectivity index (χ0) is 29.1. The maximum atomic E-state index is 13.3. The Labute approximate surface area is 239 Å². The summed E-state index contributed by atoms with van der Waals surface area (Å²) in [7, 11) is 4.29. The lowest BCUT2D eigenvalue weighted by atomic mass is 9.74. The predicted octanol–water partition coefficient (Wildman–Crippen LogP) is 4.35. The molecule has 1 atom stereocenters. The summed E-state index contributed by atoms with van der Waals surface area (Å²) in [6.45, 7) is 6.02. The predicted molar refractivity (Wildman–Crippen MR) is 158 cm³/mol. The molecule has 1 fully saturated rings. The van der Waals surface area contributed by atoms with Crippen molar-refractivity contribution in [3.8, 4) is 0 Å². The molecule has 2 aromatic carbocycles. The van der Waals surface area contributed by atoms with E-state index in [0.29, 0.717) is 6.42 Å². The molecule has 218 valence electrons. The highest BCUT2D eigenvalue weighted by molar-refractivity contribution is 5.89. The molecule has 8 nitrogen and oxygen atoms in total. The van der Waals surface area contributed by atoms with Gasteiger partial charge in [-0.15, -0.1) is 0 Å². The van der Waals surface area contributed by atoms with Gasteiger partial charge in [0, 0.05) is 11.6 Å². The van der Waals surface area contributed by atoms with E-state index < -0.39 is 18.0 Å². The summed E-state index contributed by atoms with van der Waals surface area (Å²) in [4.78, 5) is 40.2. The number of carbonyl (C=O) groups is 3. The number of carbonyl (C=O) groups excluding carboxylic acids is 3. The number of hydrogen-bond acceptors (Lipinski definition) is 5. The number of benzene rings is 2. The molecule has 0 spiro atoms. The van der Waals surface area contributed by atoms with Crippen LogP contribution in [0.15, 0.2) is 54.6 Å². The number of nitrogens with zero attached hydrogens (tertiary/aromatic N) is 1. The fourth-order valence-corrected chi connectivity index (χ4v) is 5.46. The van der Waals surface area contributed by atoms with Crippen LogP contribution < -0.4 is 16.0 Å². The van der Waals surface area contributed by atoms with Crippen LogP contribution in [0.1, 0.15) is 62.6 Å². The number of amides is 3. The van der Waals surface area contributed by atoms with E-state index >= 15 is 0 Å². The number of aryl methyl sites for hydroxylation is 1. The molecule has 0 heterocycles. The van der Waals surface area contributed by atoms with Gasteiger partial charge < -0.3 is 25.6 Å². The zero-order valence-electron chi connectivity index (χ0n) is 24.7. The Morgan fingerprint density at radius 3 is 2.30 bits per heavy atom. The van der Waals surface area contributed by atoms with Gasteiger partial charge in [0.2, 0.25) is 11.8 Å². The Kier molecular flexibility index (Phi) is 11.6. The lowest BCUT2D eigenvalue weighted by molar-refractivity contribution is -0.129. The molecule has 3 amide bonds. The molecule has 3 N–H and O–H groups in total. The molecule has 1 saturated carbocycles. The second-order valence-electron chi connectivity index (χ2n) is 11.7. The van der Waals surface area contributed by atoms with E-state index in [9.17, 15) is 14.4 Å². The van der Waals surface area contributed by atoms with E-state index in [2.05, 4.69) is 66.1 Å². The van der Waals surface area contributed by atoms with E-state index in [1.165, 1.54) is 11.1 Å². The molecule has 1 unspecified atom stereocenters. The molecule has 1 aliphatic carbocycles. The largest absolute Gasteiger partial charge is 0.445 e. The number of rotatable bonds is 12. The number of nitrogens with one attached hydrogen (secondary N) is 3. The second kappa shape index (κ2) is 14.8. The average Bonchev–Trinajstić information content (AvgIpc) is 2.91. The van der Waals surface area contributed by atoms with Crippen LogP contribution in [0.5, 0.6) is 0 Å². The van der Waals surface area contributed by atoms with E-state index in [1.54, 1.807) is 0 Å². The Morgan fingerprint density at radius 1 is 1.00 bits per heavy atom. The van der Waals surface area contributed by atoms with Crippen LogP contribution >= 0.6 is 0 Å². The van der Waals surface area contributed by atoms with E-state index in [1.807, 2.05) is 44.2 Å². The summed E-state index contributed by atoms with van der Waals surface area (Å²) >= 11 is 0. The Hall–Kier alpha value is -3.39. The molecule has 0 radical (unpaired) electrons. The summed E-state index contributed by atoms with van der Waals surface area (Å²) < 4.78 is 5.16. The molecular formula is C32H46N4O4. The summed E-state index contributed by atoms with van der Waals surface area (Å²) in [5.41, 5.74) is 3.52. The first-order valence-corrected chi connectivity index (χ1v) is 14.3. The lowest BCUT2D eigenvalue weighted by Gasteiger charge is -2.45. The third kappa shape index (κ3) is 9.66. The number of likely N-dealkylation sites (N-methyl/N-ethyl adjacent to an activating group) is 1. The summed E-state index contributed by atoms with van der Waals surface area (Å²) in [5.74, 6) is -0.387. The van der Waals surface area contributed by atoms with Gasteiger partial charge in [-0.05, 0) is 76.6 Å². The van der Waals surface area contributed by atoms with Gasteiger partial charge in [-0.25, -0.2) is 4.79 Å². The first-order chi connectivity index (χ1) is 19.1. The zero-order valence-corrected chi connectivity index (χ0v) is 24.7. The Bertz CT molecular complexity index is 1110. The van der Waals surface area contributed by atoms with Crippen molar-refractivity contribution in [3.05, 3.63) is 71.3 Å². The molecule has 1 aliphatic rings. The highest BCUT2D eigenvalue weighted by atomic mass is 16.5. The topological polar surface area (TPSA) is 99.8 Å². The fraction of sp³-hybridized carbons (Fsp3) is 0.531. The molecule has 0 aliphatic heterocycles. The average molecular weight is 551 g/mol. The van der Waals surface area contributed by atoms with Gasteiger partial charge >= 0.3 is 6.09 Å². The van der Waals surface area contributed by atoms with Crippen LogP contribution in [-0.4, -0.2) is 61.1 Å². The molecule has 40 heavy (non-hydrogen) atoms. The van der Waals surface area contributed by atoms with Crippen molar-refractivity contribution in [2.75, 3.05) is 20.6 Å². The van der Waals surface area contributed by atoms with Crippen molar-refractivity contribution in [2.45, 2.75) is 83.5 Å². The third-order valence-corrected chi connectivity index (χ3v) is 7.79. The second-order valence-corrected chi connectivity index (χ2v) is 11.7. The van der Waals surface area contributed by atoms with Crippen molar-refractivity contribution in [3.63, 3.8) is 0 Å². The summed E-state index contributed by atoms with van der Waals surface area (Å²) in [6, 6.07) is 17.4. The van der Waals surface area contributed by atoms with Crippen molar-refractivity contribution >= 4 is 17.9 Å². The lowest BCUT2D eigenvalue weighted by Crippen LogP contribution is -2.55. The van der Waals surface area contributed by atoms with Gasteiger partial charge in [0.1, 0.15) is 19.2 Å². The van der Waals surface area contributed by atoms with E-state index in [0.717, 1.165) is 37.7 Å². The van der Waals surface area contributed by atoms with Crippen LogP contribution in [-0.2, 0) is 27.4 Å². The van der Waals surface area contributed by atoms with Crippen LogP contribution in [0.25, 0.3) is 0 Å². The first-order valence-electron chi connectivity index (χ1n) is 14.3.